The SMILES string of the molecule is [CH2]C1C=CC=CC1=C. The molecule has 0 amide bonds. The smallest absolute Gasteiger partial charge is 0.00155 e. The third-order valence-electron chi connectivity index (χ3n) is 1.24. The van der Waals surface area contributed by atoms with Crippen LogP contribution in [0.4, 0.5) is 0 Å². The standard InChI is InChI=1S/C8H9/c1-7-5-3-4-6-8(7)2/h3-7H,1-2H2. The maximum atomic E-state index is 3.84. The van der Waals surface area contributed by atoms with Crippen molar-refractivity contribution >= 4 is 0 Å². The molecule has 0 spiro atoms. The van der Waals surface area contributed by atoms with Gasteiger partial charge in [-0.1, -0.05) is 30.9 Å². The molecule has 1 atom stereocenters. The number of hydrogen-bond acceptors (Lipinski definition) is 0. The molecule has 0 heteroatoms. The van der Waals surface area contributed by atoms with Crippen molar-refractivity contribution in [2.24, 2.45) is 5.92 Å². The monoisotopic (exact) mass is 105 g/mol. The van der Waals surface area contributed by atoms with Crippen molar-refractivity contribution in [3.8, 4) is 0 Å². The van der Waals surface area contributed by atoms with Crippen LogP contribution in [0, 0.1) is 12.8 Å². The van der Waals surface area contributed by atoms with E-state index in [1.54, 1.807) is 0 Å². The highest BCUT2D eigenvalue weighted by Crippen LogP contribution is 2.14. The van der Waals surface area contributed by atoms with E-state index in [1.807, 2.05) is 24.3 Å². The van der Waals surface area contributed by atoms with Gasteiger partial charge < -0.3 is 0 Å². The van der Waals surface area contributed by atoms with Crippen LogP contribution < -0.4 is 0 Å². The Morgan fingerprint density at radius 1 is 1.38 bits per heavy atom. The van der Waals surface area contributed by atoms with Gasteiger partial charge in [0, 0.05) is 5.92 Å². The molecular formula is C8H9. The lowest BCUT2D eigenvalue weighted by atomic mass is 9.99. The normalized spacial score (nSPS) is 26.6. The summed E-state index contributed by atoms with van der Waals surface area (Å²) in [4.78, 5) is 0. The predicted molar refractivity (Wildman–Crippen MR) is 36.3 cm³/mol. The quantitative estimate of drug-likeness (QED) is 0.442. The lowest BCUT2D eigenvalue weighted by Gasteiger charge is -2.07. The van der Waals surface area contributed by atoms with Gasteiger partial charge >= 0.3 is 0 Å². The van der Waals surface area contributed by atoms with E-state index in [-0.39, 0.29) is 0 Å². The van der Waals surface area contributed by atoms with Crippen LogP contribution in [0.2, 0.25) is 0 Å². The summed E-state index contributed by atoms with van der Waals surface area (Å²) in [5.74, 6) is 0.292. The minimum Gasteiger partial charge on any atom is -0.0952 e. The molecule has 1 rings (SSSR count). The highest BCUT2D eigenvalue weighted by Gasteiger charge is 1.99. The Balaban J connectivity index is 2.74. The fourth-order valence-corrected chi connectivity index (χ4v) is 0.625. The van der Waals surface area contributed by atoms with Crippen LogP contribution in [0.5, 0.6) is 0 Å². The molecule has 0 aromatic rings. The molecular weight excluding hydrogens is 96.1 g/mol. The van der Waals surface area contributed by atoms with Crippen LogP contribution in [-0.4, -0.2) is 0 Å². The second-order valence-corrected chi connectivity index (χ2v) is 1.93. The lowest BCUT2D eigenvalue weighted by molar-refractivity contribution is 0.998. The Hall–Kier alpha value is -0.780. The molecule has 1 aliphatic rings. The molecule has 0 bridgehead atoms. The molecule has 0 N–H and O–H groups in total. The van der Waals surface area contributed by atoms with E-state index in [0.29, 0.717) is 5.92 Å². The Bertz CT molecular complexity index is 149. The van der Waals surface area contributed by atoms with Gasteiger partial charge in [-0.05, 0) is 12.5 Å². The fraction of sp³-hybridized carbons (Fsp3) is 0.125. The van der Waals surface area contributed by atoms with Gasteiger partial charge in [-0.25, -0.2) is 0 Å². The van der Waals surface area contributed by atoms with E-state index >= 15 is 0 Å². The summed E-state index contributed by atoms with van der Waals surface area (Å²) in [5.41, 5.74) is 1.09. The lowest BCUT2D eigenvalue weighted by Crippen LogP contribution is -1.93. The van der Waals surface area contributed by atoms with Crippen molar-refractivity contribution in [2.75, 3.05) is 0 Å². The Morgan fingerprint density at radius 3 is 2.50 bits per heavy atom. The van der Waals surface area contributed by atoms with Gasteiger partial charge in [-0.2, -0.15) is 0 Å². The summed E-state index contributed by atoms with van der Waals surface area (Å²) in [6.45, 7) is 7.64. The molecule has 0 saturated heterocycles. The van der Waals surface area contributed by atoms with E-state index in [4.69, 9.17) is 0 Å². The van der Waals surface area contributed by atoms with Crippen molar-refractivity contribution in [3.63, 3.8) is 0 Å². The van der Waals surface area contributed by atoms with Crippen LogP contribution in [0.15, 0.2) is 36.5 Å². The molecule has 1 aliphatic carbocycles. The molecule has 1 radical (unpaired) electrons. The summed E-state index contributed by atoms with van der Waals surface area (Å²) < 4.78 is 0. The van der Waals surface area contributed by atoms with E-state index in [2.05, 4.69) is 13.5 Å². The first kappa shape index (κ1) is 5.36. The molecule has 0 fully saturated rings. The van der Waals surface area contributed by atoms with Crippen molar-refractivity contribution < 1.29 is 0 Å². The minimum absolute atomic E-state index is 0.292. The molecule has 0 aromatic heterocycles. The average Bonchev–Trinajstić information content (AvgIpc) is 1.77. The third-order valence-corrected chi connectivity index (χ3v) is 1.24. The molecule has 0 aliphatic heterocycles. The van der Waals surface area contributed by atoms with E-state index in [0.717, 1.165) is 5.57 Å². The number of allylic oxidation sites excluding steroid dienone is 5. The molecule has 0 heterocycles. The Morgan fingerprint density at radius 2 is 2.12 bits per heavy atom. The van der Waals surface area contributed by atoms with Crippen molar-refractivity contribution in [1.82, 2.24) is 0 Å². The molecule has 0 aromatic carbocycles. The fourth-order valence-electron chi connectivity index (χ4n) is 0.625. The second kappa shape index (κ2) is 1.99. The van der Waals surface area contributed by atoms with E-state index in [1.165, 1.54) is 0 Å². The first-order chi connectivity index (χ1) is 3.80. The van der Waals surface area contributed by atoms with Crippen LogP contribution >= 0.6 is 0 Å². The highest BCUT2D eigenvalue weighted by molar-refractivity contribution is 5.31. The maximum Gasteiger partial charge on any atom is 0.00155 e. The largest absolute Gasteiger partial charge is 0.0952 e. The topological polar surface area (TPSA) is 0 Å². The zero-order valence-electron chi connectivity index (χ0n) is 4.80. The van der Waals surface area contributed by atoms with Gasteiger partial charge in [0.15, 0.2) is 0 Å². The van der Waals surface area contributed by atoms with Crippen LogP contribution in [0.3, 0.4) is 0 Å². The number of rotatable bonds is 0. The first-order valence-corrected chi connectivity index (χ1v) is 2.67. The summed E-state index contributed by atoms with van der Waals surface area (Å²) in [6, 6.07) is 0. The molecule has 8 heavy (non-hydrogen) atoms. The van der Waals surface area contributed by atoms with E-state index in [9.17, 15) is 0 Å². The molecule has 0 saturated carbocycles. The second-order valence-electron chi connectivity index (χ2n) is 1.93. The molecule has 1 unspecified atom stereocenters. The van der Waals surface area contributed by atoms with Gasteiger partial charge in [-0.15, -0.1) is 0 Å². The third kappa shape index (κ3) is 0.890. The zero-order chi connectivity index (χ0) is 5.98. The van der Waals surface area contributed by atoms with Crippen LogP contribution in [0.1, 0.15) is 0 Å². The summed E-state index contributed by atoms with van der Waals surface area (Å²) >= 11 is 0. The van der Waals surface area contributed by atoms with Gasteiger partial charge in [0.05, 0.1) is 0 Å². The minimum atomic E-state index is 0.292. The highest BCUT2D eigenvalue weighted by atomic mass is 14.0. The van der Waals surface area contributed by atoms with Gasteiger partial charge in [0.1, 0.15) is 0 Å². The van der Waals surface area contributed by atoms with Crippen LogP contribution in [0.25, 0.3) is 0 Å². The zero-order valence-corrected chi connectivity index (χ0v) is 4.80. The Labute approximate surface area is 50.2 Å². The van der Waals surface area contributed by atoms with Gasteiger partial charge in [0.2, 0.25) is 0 Å². The average molecular weight is 105 g/mol. The Kier molecular flexibility index (Phi) is 1.34. The first-order valence-electron chi connectivity index (χ1n) is 2.67. The van der Waals surface area contributed by atoms with Crippen molar-refractivity contribution in [3.05, 3.63) is 43.4 Å². The molecule has 41 valence electrons. The van der Waals surface area contributed by atoms with Gasteiger partial charge in [0.25, 0.3) is 0 Å². The van der Waals surface area contributed by atoms with Crippen molar-refractivity contribution in [1.29, 1.82) is 0 Å². The van der Waals surface area contributed by atoms with Crippen LogP contribution in [-0.2, 0) is 0 Å². The van der Waals surface area contributed by atoms with Gasteiger partial charge in [-0.3, -0.25) is 0 Å². The summed E-state index contributed by atoms with van der Waals surface area (Å²) in [6.07, 6.45) is 7.98. The maximum absolute atomic E-state index is 3.84. The van der Waals surface area contributed by atoms with E-state index < -0.39 is 0 Å². The summed E-state index contributed by atoms with van der Waals surface area (Å²) in [5, 5.41) is 0. The van der Waals surface area contributed by atoms with Crippen molar-refractivity contribution in [2.45, 2.75) is 0 Å². The predicted octanol–water partition coefficient (Wildman–Crippen LogP) is 2.12. The summed E-state index contributed by atoms with van der Waals surface area (Å²) in [7, 11) is 0. The molecule has 0 nitrogen and oxygen atoms in total. The number of hydrogen-bond donors (Lipinski definition) is 0.